The molecule has 36 heavy (non-hydrogen) atoms. The van der Waals surface area contributed by atoms with Crippen LogP contribution in [0.1, 0.15) is 50.8 Å². The van der Waals surface area contributed by atoms with Gasteiger partial charge in [-0.25, -0.2) is 22.1 Å². The van der Waals surface area contributed by atoms with Crippen LogP contribution in [0.5, 0.6) is 0 Å². The fourth-order valence-corrected chi connectivity index (χ4v) is 6.54. The van der Waals surface area contributed by atoms with Gasteiger partial charge in [-0.3, -0.25) is 0 Å². The highest BCUT2D eigenvalue weighted by Gasteiger charge is 2.74. The first kappa shape index (κ1) is 25.3. The number of benzene rings is 2. The number of nitrogens with zero attached hydrogens (tertiary/aromatic N) is 1. The second kappa shape index (κ2) is 8.34. The molecule has 3 aromatic rings. The summed E-state index contributed by atoms with van der Waals surface area (Å²) in [4.78, 5) is 0. The minimum Gasteiger partial charge on any atom is -0.347 e. The second-order valence-corrected chi connectivity index (χ2v) is 12.6. The number of nitrogens with one attached hydrogen (secondary N) is 1. The van der Waals surface area contributed by atoms with Gasteiger partial charge < -0.3 is 4.57 Å². The van der Waals surface area contributed by atoms with Crippen molar-refractivity contribution >= 4 is 21.9 Å². The molecule has 2 aromatic carbocycles. The van der Waals surface area contributed by atoms with Crippen LogP contribution < -0.4 is 4.72 Å². The third kappa shape index (κ3) is 4.47. The molecule has 194 valence electrons. The highest BCUT2D eigenvalue weighted by molar-refractivity contribution is 7.85. The van der Waals surface area contributed by atoms with E-state index in [0.717, 1.165) is 25.0 Å². The van der Waals surface area contributed by atoms with Crippen molar-refractivity contribution in [3.63, 3.8) is 0 Å². The zero-order chi connectivity index (χ0) is 26.2. The molecule has 2 atom stereocenters. The number of rotatable bonds is 7. The molecule has 1 heterocycles. The predicted molar refractivity (Wildman–Crippen MR) is 127 cm³/mol. The first-order valence-electron chi connectivity index (χ1n) is 11.7. The van der Waals surface area contributed by atoms with Gasteiger partial charge in [0.2, 0.25) is 0 Å². The van der Waals surface area contributed by atoms with Crippen LogP contribution in [-0.2, 0) is 23.7 Å². The molecule has 0 amide bonds. The predicted octanol–water partition coefficient (Wildman–Crippen LogP) is 7.23. The summed E-state index contributed by atoms with van der Waals surface area (Å²) in [5.74, 6) is -0.647. The van der Waals surface area contributed by atoms with Crippen molar-refractivity contribution in [1.29, 1.82) is 0 Å². The monoisotopic (exact) mass is 528 g/mol. The summed E-state index contributed by atoms with van der Waals surface area (Å²) >= 11 is 0. The molecule has 1 N–H and O–H groups in total. The maximum atomic E-state index is 15.4. The Balaban J connectivity index is 1.66. The van der Waals surface area contributed by atoms with Crippen LogP contribution in [0.4, 0.5) is 26.3 Å². The van der Waals surface area contributed by atoms with Crippen LogP contribution in [0.2, 0.25) is 0 Å². The molecule has 0 spiro atoms. The lowest BCUT2D eigenvalue weighted by molar-refractivity contribution is -0.137. The lowest BCUT2D eigenvalue weighted by Crippen LogP contribution is -2.33. The summed E-state index contributed by atoms with van der Waals surface area (Å²) < 4.78 is 101. The number of fused-ring (bicyclic) bond motifs is 2. The molecule has 5 rings (SSSR count). The number of aromatic nitrogens is 1. The summed E-state index contributed by atoms with van der Waals surface area (Å²) in [5.41, 5.74) is -1.49. The van der Waals surface area contributed by atoms with Gasteiger partial charge in [0.15, 0.2) is 0 Å². The summed E-state index contributed by atoms with van der Waals surface area (Å²) in [7, 11) is -1.67. The van der Waals surface area contributed by atoms with Gasteiger partial charge in [-0.1, -0.05) is 39.0 Å². The van der Waals surface area contributed by atoms with E-state index in [-0.39, 0.29) is 27.5 Å². The van der Waals surface area contributed by atoms with Crippen LogP contribution in [0.25, 0.3) is 22.0 Å². The van der Waals surface area contributed by atoms with E-state index in [2.05, 4.69) is 4.72 Å². The standard InChI is InChI=1S/C26H26F6N2OS/c1-24(2,3)13-34-12-18(22(23(28)29)33-36(35)25-10-14(25)11-25)17-8-20(27)16(9-21(17)34)15-6-4-5-7-19(15)26(30,31)32/h4-9,12,14,22-23,33H,10-11,13H2,1-3H3. The zero-order valence-electron chi connectivity index (χ0n) is 19.9. The van der Waals surface area contributed by atoms with Crippen molar-refractivity contribution in [1.82, 2.24) is 9.29 Å². The molecule has 0 aliphatic heterocycles. The Hall–Kier alpha value is -2.33. The van der Waals surface area contributed by atoms with Crippen molar-refractivity contribution in [3.8, 4) is 11.1 Å². The van der Waals surface area contributed by atoms with E-state index in [0.29, 0.717) is 18.0 Å². The van der Waals surface area contributed by atoms with Gasteiger partial charge in [-0.15, -0.1) is 0 Å². The molecular formula is C26H26F6N2OS. The fourth-order valence-electron chi connectivity index (χ4n) is 4.84. The maximum absolute atomic E-state index is 15.4. The normalized spacial score (nSPS) is 23.1. The molecule has 0 saturated heterocycles. The van der Waals surface area contributed by atoms with E-state index in [1.807, 2.05) is 20.8 Å². The Morgan fingerprint density at radius 1 is 1.11 bits per heavy atom. The lowest BCUT2D eigenvalue weighted by Gasteiger charge is -2.20. The Kier molecular flexibility index (Phi) is 5.87. The fraction of sp³-hybridized carbons (Fsp3) is 0.462. The smallest absolute Gasteiger partial charge is 0.347 e. The molecule has 10 heteroatoms. The van der Waals surface area contributed by atoms with Crippen LogP contribution >= 0.6 is 0 Å². The van der Waals surface area contributed by atoms with Gasteiger partial charge in [-0.05, 0) is 47.9 Å². The quantitative estimate of drug-likeness (QED) is 0.323. The third-order valence-corrected chi connectivity index (χ3v) is 8.84. The largest absolute Gasteiger partial charge is 0.417 e. The highest BCUT2D eigenvalue weighted by atomic mass is 32.2. The Labute approximate surface area is 207 Å². The van der Waals surface area contributed by atoms with Gasteiger partial charge in [0, 0.05) is 34.8 Å². The molecular weight excluding hydrogens is 502 g/mol. The zero-order valence-corrected chi connectivity index (χ0v) is 20.7. The van der Waals surface area contributed by atoms with Crippen LogP contribution in [0, 0.1) is 17.2 Å². The average molecular weight is 529 g/mol. The van der Waals surface area contributed by atoms with E-state index in [1.54, 1.807) is 4.57 Å². The number of hydrogen-bond donors (Lipinski definition) is 1. The Morgan fingerprint density at radius 3 is 2.31 bits per heavy atom. The van der Waals surface area contributed by atoms with E-state index >= 15 is 4.39 Å². The maximum Gasteiger partial charge on any atom is 0.417 e. The molecule has 2 aliphatic rings. The minimum atomic E-state index is -4.70. The lowest BCUT2D eigenvalue weighted by atomic mass is 9.95. The van der Waals surface area contributed by atoms with Gasteiger partial charge in [0.05, 0.1) is 21.3 Å². The van der Waals surface area contributed by atoms with Crippen LogP contribution in [-0.4, -0.2) is 19.9 Å². The van der Waals surface area contributed by atoms with Crippen LogP contribution in [0.15, 0.2) is 42.6 Å². The summed E-state index contributed by atoms with van der Waals surface area (Å²) in [5, 5.41) is 0.153. The van der Waals surface area contributed by atoms with Crippen LogP contribution in [0.3, 0.4) is 0 Å². The van der Waals surface area contributed by atoms with Crippen molar-refractivity contribution < 1.29 is 30.6 Å². The third-order valence-electron chi connectivity index (χ3n) is 6.97. The summed E-state index contributed by atoms with van der Waals surface area (Å²) in [6.45, 7) is 6.14. The first-order valence-corrected chi connectivity index (χ1v) is 12.8. The second-order valence-electron chi connectivity index (χ2n) is 11.0. The molecule has 0 bridgehead atoms. The first-order chi connectivity index (χ1) is 16.7. The Morgan fingerprint density at radius 2 is 1.75 bits per heavy atom. The molecule has 3 nitrogen and oxygen atoms in total. The van der Waals surface area contributed by atoms with Gasteiger partial charge in [0.25, 0.3) is 6.43 Å². The van der Waals surface area contributed by atoms with E-state index in [4.69, 9.17) is 0 Å². The number of hydrogen-bond acceptors (Lipinski definition) is 1. The van der Waals surface area contributed by atoms with Crippen molar-refractivity contribution in [2.24, 2.45) is 11.3 Å². The minimum absolute atomic E-state index is 0.0707. The highest BCUT2D eigenvalue weighted by Crippen LogP contribution is 2.70. The topological polar surface area (TPSA) is 34.0 Å². The average Bonchev–Trinajstić information content (AvgIpc) is 3.62. The van der Waals surface area contributed by atoms with Gasteiger partial charge in [0.1, 0.15) is 11.9 Å². The summed E-state index contributed by atoms with van der Waals surface area (Å²) in [6.07, 6.45) is -4.67. The Bertz CT molecular complexity index is 1350. The molecule has 2 unspecified atom stereocenters. The molecule has 2 saturated carbocycles. The van der Waals surface area contributed by atoms with E-state index in [1.165, 1.54) is 30.5 Å². The SMILES string of the molecule is CC(C)(C)Cn1cc(C(NS(=O)C23CC2C3)C(F)F)c2cc(F)c(-c3ccccc3C(F)(F)F)cc21. The van der Waals surface area contributed by atoms with Crippen molar-refractivity contribution in [2.45, 2.75) is 63.5 Å². The van der Waals surface area contributed by atoms with Crippen molar-refractivity contribution in [3.05, 3.63) is 59.5 Å². The van der Waals surface area contributed by atoms with Crippen molar-refractivity contribution in [2.75, 3.05) is 0 Å². The summed E-state index contributed by atoms with van der Waals surface area (Å²) in [6, 6.07) is 5.39. The van der Waals surface area contributed by atoms with Gasteiger partial charge >= 0.3 is 6.18 Å². The molecule has 0 radical (unpaired) electrons. The number of halogens is 6. The molecule has 2 fully saturated rings. The number of alkyl halides is 5. The molecule has 1 aromatic heterocycles. The molecule has 2 aliphatic carbocycles. The van der Waals surface area contributed by atoms with E-state index in [9.17, 15) is 26.2 Å². The van der Waals surface area contributed by atoms with E-state index < -0.39 is 45.8 Å². The van der Waals surface area contributed by atoms with Gasteiger partial charge in [-0.2, -0.15) is 13.2 Å².